The molecule has 1 aromatic rings. The monoisotopic (exact) mass is 220 g/mol. The van der Waals surface area contributed by atoms with E-state index in [1.807, 2.05) is 0 Å². The van der Waals surface area contributed by atoms with Gasteiger partial charge in [-0.25, -0.2) is 0 Å². The van der Waals surface area contributed by atoms with Gasteiger partial charge in [-0.05, 0) is 36.6 Å². The van der Waals surface area contributed by atoms with Gasteiger partial charge in [0.1, 0.15) is 0 Å². The molecule has 0 spiro atoms. The van der Waals surface area contributed by atoms with Crippen molar-refractivity contribution in [1.82, 2.24) is 0 Å². The fourth-order valence-electron chi connectivity index (χ4n) is 1.56. The molecule has 4 nitrogen and oxygen atoms in total. The van der Waals surface area contributed by atoms with Crippen molar-refractivity contribution in [3.8, 4) is 0 Å². The number of rotatable bonds is 5. The van der Waals surface area contributed by atoms with Crippen LogP contribution in [-0.4, -0.2) is 11.8 Å². The summed E-state index contributed by atoms with van der Waals surface area (Å²) in [4.78, 5) is 22.2. The van der Waals surface area contributed by atoms with Crippen molar-refractivity contribution in [1.29, 1.82) is 0 Å². The summed E-state index contributed by atoms with van der Waals surface area (Å²) in [5, 5.41) is 0. The van der Waals surface area contributed by atoms with Crippen LogP contribution in [0.3, 0.4) is 0 Å². The summed E-state index contributed by atoms with van der Waals surface area (Å²) in [6, 6.07) is 4.74. The van der Waals surface area contributed by atoms with E-state index in [2.05, 4.69) is 6.92 Å². The summed E-state index contributed by atoms with van der Waals surface area (Å²) >= 11 is 0. The number of hydrogen-bond acceptors (Lipinski definition) is 2. The van der Waals surface area contributed by atoms with E-state index in [0.717, 1.165) is 24.8 Å². The first kappa shape index (κ1) is 12.2. The Hall–Kier alpha value is -1.84. The lowest BCUT2D eigenvalue weighted by Gasteiger charge is -2.07. The van der Waals surface area contributed by atoms with Crippen LogP contribution in [0, 0.1) is 0 Å². The number of amides is 2. The summed E-state index contributed by atoms with van der Waals surface area (Å²) in [6.45, 7) is 2.06. The van der Waals surface area contributed by atoms with Gasteiger partial charge in [0.25, 0.3) is 0 Å². The van der Waals surface area contributed by atoms with Gasteiger partial charge in [0.2, 0.25) is 11.8 Å². The van der Waals surface area contributed by atoms with Crippen LogP contribution in [0.2, 0.25) is 0 Å². The van der Waals surface area contributed by atoms with Crippen LogP contribution in [0.4, 0.5) is 0 Å². The molecule has 4 heteroatoms. The van der Waals surface area contributed by atoms with Crippen LogP contribution < -0.4 is 11.5 Å². The van der Waals surface area contributed by atoms with Gasteiger partial charge in [0.05, 0.1) is 0 Å². The van der Waals surface area contributed by atoms with E-state index in [1.165, 1.54) is 6.07 Å². The molecule has 0 saturated carbocycles. The Morgan fingerprint density at radius 3 is 2.38 bits per heavy atom. The number of hydrogen-bond donors (Lipinski definition) is 2. The highest BCUT2D eigenvalue weighted by atomic mass is 16.1. The largest absolute Gasteiger partial charge is 0.366 e. The molecule has 0 unspecified atom stereocenters. The zero-order valence-electron chi connectivity index (χ0n) is 9.32. The molecule has 0 aliphatic carbocycles. The average molecular weight is 220 g/mol. The first-order valence-corrected chi connectivity index (χ1v) is 5.28. The predicted molar refractivity (Wildman–Crippen MR) is 62.1 cm³/mol. The molecule has 86 valence electrons. The van der Waals surface area contributed by atoms with Gasteiger partial charge in [-0.15, -0.1) is 0 Å². The summed E-state index contributed by atoms with van der Waals surface area (Å²) in [5.41, 5.74) is 12.1. The van der Waals surface area contributed by atoms with E-state index in [9.17, 15) is 9.59 Å². The molecule has 0 heterocycles. The molecule has 0 aliphatic heterocycles. The Bertz CT molecular complexity index is 413. The van der Waals surface area contributed by atoms with Gasteiger partial charge in [0, 0.05) is 11.1 Å². The molecule has 0 radical (unpaired) electrons. The van der Waals surface area contributed by atoms with Gasteiger partial charge in [0.15, 0.2) is 0 Å². The van der Waals surface area contributed by atoms with E-state index in [4.69, 9.17) is 11.5 Å². The lowest BCUT2D eigenvalue weighted by atomic mass is 9.98. The lowest BCUT2D eigenvalue weighted by Crippen LogP contribution is -2.16. The van der Waals surface area contributed by atoms with Crippen molar-refractivity contribution in [2.24, 2.45) is 11.5 Å². The Morgan fingerprint density at radius 1 is 1.19 bits per heavy atom. The second kappa shape index (κ2) is 5.30. The highest BCUT2D eigenvalue weighted by Gasteiger charge is 2.10. The summed E-state index contributed by atoms with van der Waals surface area (Å²) < 4.78 is 0. The molecule has 16 heavy (non-hydrogen) atoms. The van der Waals surface area contributed by atoms with Crippen molar-refractivity contribution in [2.75, 3.05) is 0 Å². The number of carbonyl (C=O) groups is 2. The number of primary amides is 2. The molecule has 4 N–H and O–H groups in total. The van der Waals surface area contributed by atoms with Gasteiger partial charge in [-0.3, -0.25) is 9.59 Å². The minimum atomic E-state index is -0.492. The summed E-state index contributed by atoms with van der Waals surface area (Å²) in [5.74, 6) is -0.962. The molecule has 0 fully saturated rings. The van der Waals surface area contributed by atoms with Crippen molar-refractivity contribution < 1.29 is 9.59 Å². The molecule has 1 aromatic carbocycles. The van der Waals surface area contributed by atoms with Crippen molar-refractivity contribution in [3.05, 3.63) is 34.9 Å². The fraction of sp³-hybridized carbons (Fsp3) is 0.333. The molecule has 2 amide bonds. The zero-order chi connectivity index (χ0) is 12.1. The topological polar surface area (TPSA) is 86.2 Å². The highest BCUT2D eigenvalue weighted by molar-refractivity contribution is 5.97. The number of carbonyl (C=O) groups excluding carboxylic acids is 2. The van der Waals surface area contributed by atoms with E-state index >= 15 is 0 Å². The van der Waals surface area contributed by atoms with Gasteiger partial charge >= 0.3 is 0 Å². The fourth-order valence-corrected chi connectivity index (χ4v) is 1.56. The molecule has 0 bridgehead atoms. The maximum atomic E-state index is 11.2. The first-order chi connectivity index (χ1) is 7.56. The average Bonchev–Trinajstić information content (AvgIpc) is 2.25. The van der Waals surface area contributed by atoms with Gasteiger partial charge in [-0.1, -0.05) is 13.3 Å². The minimum Gasteiger partial charge on any atom is -0.366 e. The third-order valence-electron chi connectivity index (χ3n) is 2.45. The number of unbranched alkanes of at least 4 members (excludes halogenated alkanes) is 1. The van der Waals surface area contributed by atoms with Crippen LogP contribution in [0.15, 0.2) is 18.2 Å². The van der Waals surface area contributed by atoms with Gasteiger partial charge in [-0.2, -0.15) is 0 Å². The minimum absolute atomic E-state index is 0.413. The molecule has 1 rings (SSSR count). The number of nitrogens with two attached hydrogens (primary N) is 2. The molecular weight excluding hydrogens is 204 g/mol. The quantitative estimate of drug-likeness (QED) is 0.781. The SMILES string of the molecule is CCCCc1cc(C(N)=O)ccc1C(N)=O. The van der Waals surface area contributed by atoms with E-state index in [1.54, 1.807) is 12.1 Å². The zero-order valence-corrected chi connectivity index (χ0v) is 9.32. The Balaban J connectivity index is 3.10. The van der Waals surface area contributed by atoms with E-state index in [0.29, 0.717) is 11.1 Å². The second-order valence-corrected chi connectivity index (χ2v) is 3.70. The first-order valence-electron chi connectivity index (χ1n) is 5.28. The predicted octanol–water partition coefficient (Wildman–Crippen LogP) is 1.23. The molecule has 0 aliphatic rings. The Kier molecular flexibility index (Phi) is 4.05. The smallest absolute Gasteiger partial charge is 0.248 e. The lowest BCUT2D eigenvalue weighted by molar-refractivity contribution is 0.0987. The summed E-state index contributed by atoms with van der Waals surface area (Å²) in [7, 11) is 0. The molecule has 0 saturated heterocycles. The van der Waals surface area contributed by atoms with Crippen molar-refractivity contribution in [3.63, 3.8) is 0 Å². The van der Waals surface area contributed by atoms with Crippen LogP contribution in [0.5, 0.6) is 0 Å². The Morgan fingerprint density at radius 2 is 1.88 bits per heavy atom. The summed E-state index contributed by atoms with van der Waals surface area (Å²) in [6.07, 6.45) is 2.69. The molecular formula is C12H16N2O2. The van der Waals surface area contributed by atoms with Crippen LogP contribution in [0.25, 0.3) is 0 Å². The van der Waals surface area contributed by atoms with Crippen LogP contribution >= 0.6 is 0 Å². The van der Waals surface area contributed by atoms with Crippen molar-refractivity contribution in [2.45, 2.75) is 26.2 Å². The third-order valence-corrected chi connectivity index (χ3v) is 2.45. The maximum absolute atomic E-state index is 11.2. The van der Waals surface area contributed by atoms with E-state index in [-0.39, 0.29) is 0 Å². The Labute approximate surface area is 94.6 Å². The second-order valence-electron chi connectivity index (χ2n) is 3.70. The standard InChI is InChI=1S/C12H16N2O2/c1-2-3-4-8-7-9(11(13)15)5-6-10(8)12(14)16/h5-7H,2-4H2,1H3,(H2,13,15)(H2,14,16). The van der Waals surface area contributed by atoms with Crippen LogP contribution in [-0.2, 0) is 6.42 Å². The molecule has 0 aromatic heterocycles. The van der Waals surface area contributed by atoms with E-state index < -0.39 is 11.8 Å². The van der Waals surface area contributed by atoms with Gasteiger partial charge < -0.3 is 11.5 Å². The molecule has 0 atom stereocenters. The third kappa shape index (κ3) is 2.82. The van der Waals surface area contributed by atoms with Crippen molar-refractivity contribution >= 4 is 11.8 Å². The maximum Gasteiger partial charge on any atom is 0.248 e. The normalized spacial score (nSPS) is 10.1. The van der Waals surface area contributed by atoms with Crippen LogP contribution in [0.1, 0.15) is 46.0 Å². The highest BCUT2D eigenvalue weighted by Crippen LogP contribution is 2.14. The number of aryl methyl sites for hydroxylation is 1. The number of benzene rings is 1.